The topological polar surface area (TPSA) is 60.5 Å². The van der Waals surface area contributed by atoms with Crippen LogP contribution in [0.2, 0.25) is 5.02 Å². The lowest BCUT2D eigenvalue weighted by molar-refractivity contribution is -0.118. The third kappa shape index (κ3) is 3.89. The summed E-state index contributed by atoms with van der Waals surface area (Å²) in [6, 6.07) is 12.6. The van der Waals surface area contributed by atoms with E-state index in [1.54, 1.807) is 37.4 Å². The molecule has 2 aromatic carbocycles. The summed E-state index contributed by atoms with van der Waals surface area (Å²) >= 11 is 6.18. The quantitative estimate of drug-likeness (QED) is 0.716. The third-order valence-corrected chi connectivity index (χ3v) is 4.41. The molecule has 3 rings (SSSR count). The maximum Gasteiger partial charge on any atom is 0.262 e. The Hall–Kier alpha value is -2.79. The van der Waals surface area contributed by atoms with Gasteiger partial charge >= 0.3 is 0 Å². The summed E-state index contributed by atoms with van der Waals surface area (Å²) in [5, 5.41) is 4.39. The van der Waals surface area contributed by atoms with E-state index in [0.29, 0.717) is 16.5 Å². The Morgan fingerprint density at radius 2 is 1.81 bits per heavy atom. The molecular formula is C20H19ClN2O3. The van der Waals surface area contributed by atoms with Crippen molar-refractivity contribution in [2.24, 2.45) is 0 Å². The van der Waals surface area contributed by atoms with Crippen LogP contribution >= 0.6 is 11.6 Å². The van der Waals surface area contributed by atoms with Crippen LogP contribution in [0.15, 0.2) is 42.5 Å². The molecule has 0 aliphatic carbocycles. The van der Waals surface area contributed by atoms with E-state index in [9.17, 15) is 4.79 Å². The molecule has 0 radical (unpaired) electrons. The third-order valence-electron chi connectivity index (χ3n) is 4.00. The van der Waals surface area contributed by atoms with Gasteiger partial charge in [-0.15, -0.1) is 0 Å². The van der Waals surface area contributed by atoms with Crippen LogP contribution in [0.1, 0.15) is 11.3 Å². The molecule has 0 unspecified atom stereocenters. The highest BCUT2D eigenvalue weighted by Gasteiger charge is 2.11. The number of hydrogen-bond acceptors (Lipinski definition) is 4. The predicted molar refractivity (Wildman–Crippen MR) is 103 cm³/mol. The lowest BCUT2D eigenvalue weighted by Crippen LogP contribution is -2.20. The normalized spacial score (nSPS) is 10.6. The average Bonchev–Trinajstić information content (AvgIpc) is 2.64. The van der Waals surface area contributed by atoms with Crippen molar-refractivity contribution in [1.29, 1.82) is 0 Å². The fourth-order valence-electron chi connectivity index (χ4n) is 2.64. The zero-order valence-electron chi connectivity index (χ0n) is 14.8. The molecule has 0 saturated carbocycles. The fourth-order valence-corrected chi connectivity index (χ4v) is 2.80. The second kappa shape index (κ2) is 7.62. The van der Waals surface area contributed by atoms with Gasteiger partial charge in [-0.05, 0) is 61.9 Å². The molecule has 0 aliphatic heterocycles. The van der Waals surface area contributed by atoms with Crippen molar-refractivity contribution in [1.82, 2.24) is 4.98 Å². The second-order valence-corrected chi connectivity index (χ2v) is 6.30. The number of ether oxygens (including phenoxy) is 2. The molecule has 5 nitrogen and oxygen atoms in total. The van der Waals surface area contributed by atoms with E-state index in [4.69, 9.17) is 21.1 Å². The number of fused-ring (bicyclic) bond motifs is 1. The van der Waals surface area contributed by atoms with Crippen molar-refractivity contribution in [2.75, 3.05) is 19.0 Å². The summed E-state index contributed by atoms with van der Waals surface area (Å²) in [7, 11) is 1.60. The highest BCUT2D eigenvalue weighted by molar-refractivity contribution is 6.32. The number of aromatic nitrogens is 1. The number of anilines is 1. The second-order valence-electron chi connectivity index (χ2n) is 5.89. The molecular weight excluding hydrogens is 352 g/mol. The maximum absolute atomic E-state index is 12.3. The largest absolute Gasteiger partial charge is 0.497 e. The van der Waals surface area contributed by atoms with Crippen molar-refractivity contribution in [3.63, 3.8) is 0 Å². The number of nitrogens with zero attached hydrogens (tertiary/aromatic N) is 1. The van der Waals surface area contributed by atoms with Crippen LogP contribution in [-0.2, 0) is 4.79 Å². The smallest absolute Gasteiger partial charge is 0.262 e. The van der Waals surface area contributed by atoms with Gasteiger partial charge in [0.25, 0.3) is 5.91 Å². The number of pyridine rings is 1. The zero-order chi connectivity index (χ0) is 18.7. The molecule has 0 atom stereocenters. The number of methoxy groups -OCH3 is 1. The Bertz CT molecular complexity index is 955. The van der Waals surface area contributed by atoms with Gasteiger partial charge in [0.05, 0.1) is 18.3 Å². The number of nitrogens with one attached hydrogen (secondary N) is 1. The van der Waals surface area contributed by atoms with Crippen LogP contribution in [-0.4, -0.2) is 24.6 Å². The van der Waals surface area contributed by atoms with Gasteiger partial charge in [0, 0.05) is 16.1 Å². The SMILES string of the molecule is COc1ccc(OCC(=O)Nc2cc(C)nc3c(C)c(Cl)ccc23)cc1. The molecule has 6 heteroatoms. The molecule has 0 aliphatic rings. The van der Waals surface area contributed by atoms with Crippen LogP contribution in [0.25, 0.3) is 10.9 Å². The molecule has 0 fully saturated rings. The number of halogens is 1. The van der Waals surface area contributed by atoms with E-state index in [2.05, 4.69) is 10.3 Å². The zero-order valence-corrected chi connectivity index (χ0v) is 15.6. The number of aryl methyl sites for hydroxylation is 2. The van der Waals surface area contributed by atoms with E-state index in [-0.39, 0.29) is 12.5 Å². The van der Waals surface area contributed by atoms with Crippen LogP contribution < -0.4 is 14.8 Å². The van der Waals surface area contributed by atoms with Gasteiger partial charge in [-0.2, -0.15) is 0 Å². The van der Waals surface area contributed by atoms with E-state index in [0.717, 1.165) is 27.9 Å². The first-order chi connectivity index (χ1) is 12.5. The van der Waals surface area contributed by atoms with E-state index < -0.39 is 0 Å². The average molecular weight is 371 g/mol. The molecule has 1 heterocycles. The molecule has 1 aromatic heterocycles. The van der Waals surface area contributed by atoms with E-state index in [1.807, 2.05) is 26.0 Å². The number of hydrogen-bond donors (Lipinski definition) is 1. The Labute approximate surface area is 156 Å². The molecule has 1 amide bonds. The van der Waals surface area contributed by atoms with Crippen molar-refractivity contribution in [2.45, 2.75) is 13.8 Å². The Morgan fingerprint density at radius 3 is 2.50 bits per heavy atom. The maximum atomic E-state index is 12.3. The van der Waals surface area contributed by atoms with Gasteiger partial charge in [-0.1, -0.05) is 11.6 Å². The monoisotopic (exact) mass is 370 g/mol. The summed E-state index contributed by atoms with van der Waals surface area (Å²) in [6.07, 6.45) is 0. The summed E-state index contributed by atoms with van der Waals surface area (Å²) < 4.78 is 10.6. The lowest BCUT2D eigenvalue weighted by atomic mass is 10.1. The Kier molecular flexibility index (Phi) is 5.28. The standard InChI is InChI=1S/C20H19ClN2O3/c1-12-10-18(16-8-9-17(21)13(2)20(16)22-12)23-19(24)11-26-15-6-4-14(25-3)5-7-15/h4-10H,11H2,1-3H3,(H,22,23,24). The van der Waals surface area contributed by atoms with Crippen molar-refractivity contribution in [3.05, 3.63) is 58.7 Å². The molecule has 0 spiro atoms. The molecule has 0 saturated heterocycles. The van der Waals surface area contributed by atoms with E-state index >= 15 is 0 Å². The van der Waals surface area contributed by atoms with Crippen molar-refractivity contribution >= 4 is 34.1 Å². The highest BCUT2D eigenvalue weighted by atomic mass is 35.5. The van der Waals surface area contributed by atoms with Gasteiger partial charge in [0.1, 0.15) is 11.5 Å². The minimum Gasteiger partial charge on any atom is -0.497 e. The highest BCUT2D eigenvalue weighted by Crippen LogP contribution is 2.29. The molecule has 0 bridgehead atoms. The summed E-state index contributed by atoms with van der Waals surface area (Å²) in [5.41, 5.74) is 3.16. The first-order valence-electron chi connectivity index (χ1n) is 8.11. The predicted octanol–water partition coefficient (Wildman–Crippen LogP) is 4.53. The number of carbonyl (C=O) groups excluding carboxylic acids is 1. The van der Waals surface area contributed by atoms with Gasteiger partial charge in [0.2, 0.25) is 0 Å². The van der Waals surface area contributed by atoms with E-state index in [1.165, 1.54) is 0 Å². The summed E-state index contributed by atoms with van der Waals surface area (Å²) in [4.78, 5) is 16.8. The summed E-state index contributed by atoms with van der Waals surface area (Å²) in [5.74, 6) is 1.08. The van der Waals surface area contributed by atoms with Gasteiger partial charge in [-0.25, -0.2) is 0 Å². The van der Waals surface area contributed by atoms with Crippen LogP contribution in [0.5, 0.6) is 11.5 Å². The number of amides is 1. The number of rotatable bonds is 5. The fraction of sp³-hybridized carbons (Fsp3) is 0.200. The van der Waals surface area contributed by atoms with Crippen LogP contribution in [0, 0.1) is 13.8 Å². The Morgan fingerprint density at radius 1 is 1.12 bits per heavy atom. The molecule has 3 aromatic rings. The lowest BCUT2D eigenvalue weighted by Gasteiger charge is -2.12. The minimum absolute atomic E-state index is 0.0955. The van der Waals surface area contributed by atoms with Crippen LogP contribution in [0.4, 0.5) is 5.69 Å². The van der Waals surface area contributed by atoms with Crippen molar-refractivity contribution < 1.29 is 14.3 Å². The number of carbonyl (C=O) groups is 1. The molecule has 26 heavy (non-hydrogen) atoms. The number of benzene rings is 2. The minimum atomic E-state index is -0.250. The molecule has 1 N–H and O–H groups in total. The first kappa shape index (κ1) is 18.0. The van der Waals surface area contributed by atoms with Crippen LogP contribution in [0.3, 0.4) is 0 Å². The Balaban J connectivity index is 1.75. The van der Waals surface area contributed by atoms with Gasteiger partial charge < -0.3 is 14.8 Å². The van der Waals surface area contributed by atoms with Gasteiger partial charge in [0.15, 0.2) is 6.61 Å². The summed E-state index contributed by atoms with van der Waals surface area (Å²) in [6.45, 7) is 3.69. The first-order valence-corrected chi connectivity index (χ1v) is 8.49. The van der Waals surface area contributed by atoms with Crippen molar-refractivity contribution in [3.8, 4) is 11.5 Å². The van der Waals surface area contributed by atoms with Gasteiger partial charge in [-0.3, -0.25) is 9.78 Å². The molecule has 134 valence electrons.